The molecule has 0 radical (unpaired) electrons. The van der Waals surface area contributed by atoms with E-state index >= 15 is 0 Å². The van der Waals surface area contributed by atoms with Gasteiger partial charge in [-0.05, 0) is 24.3 Å². The van der Waals surface area contributed by atoms with E-state index < -0.39 is 0 Å². The number of para-hydroxylation sites is 1. The molecule has 0 aliphatic heterocycles. The van der Waals surface area contributed by atoms with Crippen molar-refractivity contribution in [3.05, 3.63) is 60.0 Å². The average Bonchev–Trinajstić information content (AvgIpc) is 2.89. The molecule has 0 spiro atoms. The van der Waals surface area contributed by atoms with E-state index in [0.29, 0.717) is 12.2 Å². The van der Waals surface area contributed by atoms with Gasteiger partial charge in [-0.3, -0.25) is 0 Å². The minimum atomic E-state index is 0.416. The van der Waals surface area contributed by atoms with Crippen molar-refractivity contribution in [3.63, 3.8) is 0 Å². The third-order valence-electron chi connectivity index (χ3n) is 3.11. The number of aromatic nitrogens is 1. The van der Waals surface area contributed by atoms with Crippen molar-refractivity contribution >= 4 is 16.8 Å². The number of fused-ring (bicyclic) bond motifs is 1. The first kappa shape index (κ1) is 12.2. The molecule has 0 bridgehead atoms. The summed E-state index contributed by atoms with van der Waals surface area (Å²) >= 11 is 0. The summed E-state index contributed by atoms with van der Waals surface area (Å²) in [4.78, 5) is 6.22. The minimum Gasteiger partial charge on any atom is -0.459 e. The fourth-order valence-electron chi connectivity index (χ4n) is 2.13. The van der Waals surface area contributed by atoms with Crippen molar-refractivity contribution in [1.29, 1.82) is 5.26 Å². The summed E-state index contributed by atoms with van der Waals surface area (Å²) < 4.78 is 5.78. The van der Waals surface area contributed by atoms with Crippen molar-refractivity contribution in [2.45, 2.75) is 6.54 Å². The number of benzene rings is 1. The quantitative estimate of drug-likeness (QED) is 0.727. The molecule has 0 unspecified atom stereocenters. The van der Waals surface area contributed by atoms with Crippen molar-refractivity contribution in [2.24, 2.45) is 0 Å². The number of anilines is 1. The smallest absolute Gasteiger partial charge is 0.142 e. The van der Waals surface area contributed by atoms with Gasteiger partial charge in [-0.1, -0.05) is 24.3 Å². The molecule has 0 aliphatic rings. The normalized spacial score (nSPS) is 10.4. The molecule has 0 aliphatic carbocycles. The maximum absolute atomic E-state index is 8.88. The zero-order valence-corrected chi connectivity index (χ0v) is 11.1. The predicted octanol–water partition coefficient (Wildman–Crippen LogP) is 3.34. The summed E-state index contributed by atoms with van der Waals surface area (Å²) in [6.07, 6.45) is 0. The fourth-order valence-corrected chi connectivity index (χ4v) is 2.13. The Morgan fingerprint density at radius 2 is 2.05 bits per heavy atom. The van der Waals surface area contributed by atoms with Gasteiger partial charge in [0, 0.05) is 12.4 Å². The Hall–Kier alpha value is -2.80. The Kier molecular flexibility index (Phi) is 3.10. The van der Waals surface area contributed by atoms with Crippen LogP contribution in [0.1, 0.15) is 11.5 Å². The molecule has 0 saturated carbocycles. The molecule has 0 amide bonds. The summed E-state index contributed by atoms with van der Waals surface area (Å²) in [6.45, 7) is 0.608. The Morgan fingerprint density at radius 1 is 1.20 bits per heavy atom. The number of furan rings is 1. The van der Waals surface area contributed by atoms with Gasteiger partial charge in [-0.2, -0.15) is 5.26 Å². The number of hydrogen-bond donors (Lipinski definition) is 0. The topological polar surface area (TPSA) is 53.1 Å². The standard InChI is InChI=1S/C16H13N3O/c1-19(16-8-4-6-13(10-17)18-16)11-14-9-12-5-2-3-7-15(12)20-14/h2-9H,11H2,1H3. The second-order valence-electron chi connectivity index (χ2n) is 4.60. The van der Waals surface area contributed by atoms with Crippen LogP contribution in [0.4, 0.5) is 5.82 Å². The maximum atomic E-state index is 8.88. The van der Waals surface area contributed by atoms with Crippen molar-refractivity contribution in [1.82, 2.24) is 4.98 Å². The molecule has 0 atom stereocenters. The van der Waals surface area contributed by atoms with Crippen LogP contribution in [-0.2, 0) is 6.54 Å². The summed E-state index contributed by atoms with van der Waals surface area (Å²) in [5, 5.41) is 9.97. The van der Waals surface area contributed by atoms with Gasteiger partial charge in [0.25, 0.3) is 0 Å². The monoisotopic (exact) mass is 263 g/mol. The lowest BCUT2D eigenvalue weighted by molar-refractivity contribution is 0.545. The molecule has 0 fully saturated rings. The summed E-state index contributed by atoms with van der Waals surface area (Å²) in [7, 11) is 1.93. The van der Waals surface area contributed by atoms with E-state index in [0.717, 1.165) is 22.5 Å². The number of nitriles is 1. The molecule has 2 aromatic heterocycles. The first-order valence-corrected chi connectivity index (χ1v) is 6.32. The van der Waals surface area contributed by atoms with Crippen LogP contribution < -0.4 is 4.90 Å². The van der Waals surface area contributed by atoms with Crippen LogP contribution >= 0.6 is 0 Å². The van der Waals surface area contributed by atoms with E-state index in [4.69, 9.17) is 9.68 Å². The second kappa shape index (κ2) is 5.06. The lowest BCUT2D eigenvalue weighted by Gasteiger charge is -2.16. The number of nitrogens with zero attached hydrogens (tertiary/aromatic N) is 3. The van der Waals surface area contributed by atoms with E-state index in [1.54, 1.807) is 6.07 Å². The SMILES string of the molecule is CN(Cc1cc2ccccc2o1)c1cccc(C#N)n1. The van der Waals surface area contributed by atoms with Gasteiger partial charge in [-0.15, -0.1) is 0 Å². The Balaban J connectivity index is 1.84. The first-order valence-electron chi connectivity index (χ1n) is 6.32. The Labute approximate surface area is 116 Å². The first-order chi connectivity index (χ1) is 9.76. The van der Waals surface area contributed by atoms with E-state index in [9.17, 15) is 0 Å². The Morgan fingerprint density at radius 3 is 2.85 bits per heavy atom. The van der Waals surface area contributed by atoms with Gasteiger partial charge in [0.2, 0.25) is 0 Å². The molecule has 4 nitrogen and oxygen atoms in total. The van der Waals surface area contributed by atoms with E-state index in [1.165, 1.54) is 0 Å². The van der Waals surface area contributed by atoms with E-state index in [2.05, 4.69) is 4.98 Å². The second-order valence-corrected chi connectivity index (χ2v) is 4.60. The van der Waals surface area contributed by atoms with Crippen molar-refractivity contribution < 1.29 is 4.42 Å². The largest absolute Gasteiger partial charge is 0.459 e. The minimum absolute atomic E-state index is 0.416. The molecule has 3 aromatic rings. The predicted molar refractivity (Wildman–Crippen MR) is 77.3 cm³/mol. The molecule has 1 aromatic carbocycles. The fraction of sp³-hybridized carbons (Fsp3) is 0.125. The molecular formula is C16H13N3O. The van der Waals surface area contributed by atoms with Crippen LogP contribution in [0.3, 0.4) is 0 Å². The molecule has 2 heterocycles. The lowest BCUT2D eigenvalue weighted by Crippen LogP contribution is -2.17. The van der Waals surface area contributed by atoms with Crippen LogP contribution in [0.25, 0.3) is 11.0 Å². The van der Waals surface area contributed by atoms with E-state index in [1.807, 2.05) is 60.5 Å². The van der Waals surface area contributed by atoms with Gasteiger partial charge >= 0.3 is 0 Å². The summed E-state index contributed by atoms with van der Waals surface area (Å²) in [6, 6.07) is 17.4. The van der Waals surface area contributed by atoms with Crippen LogP contribution in [0.5, 0.6) is 0 Å². The van der Waals surface area contributed by atoms with Gasteiger partial charge in [0.05, 0.1) is 6.54 Å². The van der Waals surface area contributed by atoms with Gasteiger partial charge in [0.15, 0.2) is 0 Å². The molecule has 0 N–H and O–H groups in total. The van der Waals surface area contributed by atoms with Crippen LogP contribution in [0, 0.1) is 11.3 Å². The highest BCUT2D eigenvalue weighted by Gasteiger charge is 2.08. The highest BCUT2D eigenvalue weighted by atomic mass is 16.3. The van der Waals surface area contributed by atoms with Crippen LogP contribution in [0.2, 0.25) is 0 Å². The van der Waals surface area contributed by atoms with Gasteiger partial charge in [0.1, 0.15) is 28.9 Å². The zero-order valence-electron chi connectivity index (χ0n) is 11.1. The summed E-state index contributed by atoms with van der Waals surface area (Å²) in [5.74, 6) is 1.63. The van der Waals surface area contributed by atoms with Gasteiger partial charge < -0.3 is 9.32 Å². The molecule has 4 heteroatoms. The van der Waals surface area contributed by atoms with Gasteiger partial charge in [-0.25, -0.2) is 4.98 Å². The molecule has 20 heavy (non-hydrogen) atoms. The lowest BCUT2D eigenvalue weighted by atomic mass is 10.2. The molecular weight excluding hydrogens is 250 g/mol. The van der Waals surface area contributed by atoms with Crippen molar-refractivity contribution in [3.8, 4) is 6.07 Å². The number of rotatable bonds is 3. The highest BCUT2D eigenvalue weighted by Crippen LogP contribution is 2.21. The molecule has 3 rings (SSSR count). The number of hydrogen-bond acceptors (Lipinski definition) is 4. The maximum Gasteiger partial charge on any atom is 0.142 e. The van der Waals surface area contributed by atoms with E-state index in [-0.39, 0.29) is 0 Å². The number of pyridine rings is 1. The molecule has 0 saturated heterocycles. The van der Waals surface area contributed by atoms with Crippen LogP contribution in [-0.4, -0.2) is 12.0 Å². The third-order valence-corrected chi connectivity index (χ3v) is 3.11. The highest BCUT2D eigenvalue weighted by molar-refractivity contribution is 5.77. The Bertz CT molecular complexity index is 753. The average molecular weight is 263 g/mol. The molecule has 98 valence electrons. The third kappa shape index (κ3) is 2.34. The van der Waals surface area contributed by atoms with Crippen molar-refractivity contribution in [2.75, 3.05) is 11.9 Å². The van der Waals surface area contributed by atoms with Crippen LogP contribution in [0.15, 0.2) is 52.9 Å². The zero-order chi connectivity index (χ0) is 13.9. The summed E-state index contributed by atoms with van der Waals surface area (Å²) in [5.41, 5.74) is 1.30.